The Morgan fingerprint density at radius 3 is 2.38 bits per heavy atom. The van der Waals surface area contributed by atoms with Gasteiger partial charge < -0.3 is 5.73 Å². The molecular weight excluding hydrogens is 242 g/mol. The van der Waals surface area contributed by atoms with E-state index in [0.29, 0.717) is 16.3 Å². The van der Waals surface area contributed by atoms with E-state index < -0.39 is 15.1 Å². The van der Waals surface area contributed by atoms with E-state index >= 15 is 0 Å². The highest BCUT2D eigenvalue weighted by atomic mass is 32.2. The zero-order chi connectivity index (χ0) is 11.9. The molecule has 0 aliphatic heterocycles. The van der Waals surface area contributed by atoms with Crippen molar-refractivity contribution in [3.05, 3.63) is 29.8 Å². The first-order valence-electron chi connectivity index (χ1n) is 5.03. The van der Waals surface area contributed by atoms with E-state index in [2.05, 4.69) is 0 Å². The van der Waals surface area contributed by atoms with Gasteiger partial charge in [-0.05, 0) is 25.5 Å². The molecule has 1 aliphatic rings. The monoisotopic (exact) mass is 255 g/mol. The molecule has 1 aliphatic carbocycles. The highest BCUT2D eigenvalue weighted by molar-refractivity contribution is 7.92. The van der Waals surface area contributed by atoms with Crippen LogP contribution in [0.4, 0.5) is 0 Å². The van der Waals surface area contributed by atoms with Crippen LogP contribution in [-0.4, -0.2) is 18.7 Å². The summed E-state index contributed by atoms with van der Waals surface area (Å²) in [6.45, 7) is 1.92. The Balaban J connectivity index is 2.28. The van der Waals surface area contributed by atoms with Gasteiger partial charge in [-0.2, -0.15) is 0 Å². The lowest BCUT2D eigenvalue weighted by Gasteiger charge is -2.03. The fourth-order valence-corrected chi connectivity index (χ4v) is 3.97. The maximum absolute atomic E-state index is 12.1. The molecule has 0 bridgehead atoms. The van der Waals surface area contributed by atoms with Crippen LogP contribution in [0, 0.1) is 12.8 Å². The lowest BCUT2D eigenvalue weighted by molar-refractivity contribution is 0.594. The number of aryl methyl sites for hydroxylation is 1. The first kappa shape index (κ1) is 11.5. The van der Waals surface area contributed by atoms with Gasteiger partial charge in [-0.3, -0.25) is 0 Å². The number of benzene rings is 1. The van der Waals surface area contributed by atoms with Gasteiger partial charge in [0, 0.05) is 5.92 Å². The largest absolute Gasteiger partial charge is 0.393 e. The molecule has 5 heteroatoms. The van der Waals surface area contributed by atoms with Crippen molar-refractivity contribution >= 4 is 27.0 Å². The standard InChI is InChI=1S/C11H13NO2S2/c1-7-2-4-8(5-3-7)16(13,14)10-6-9(10)11(12)15/h2-5,9-10H,6H2,1H3,(H2,12,15)/t9-,10-/m1/s1. The molecule has 16 heavy (non-hydrogen) atoms. The van der Waals surface area contributed by atoms with E-state index in [1.807, 2.05) is 6.92 Å². The molecule has 1 saturated carbocycles. The molecule has 1 fully saturated rings. The number of sulfone groups is 1. The predicted octanol–water partition coefficient (Wildman–Crippen LogP) is 1.44. The van der Waals surface area contributed by atoms with Crippen molar-refractivity contribution in [3.63, 3.8) is 0 Å². The van der Waals surface area contributed by atoms with Crippen molar-refractivity contribution in [1.29, 1.82) is 0 Å². The summed E-state index contributed by atoms with van der Waals surface area (Å²) >= 11 is 4.81. The van der Waals surface area contributed by atoms with E-state index in [4.69, 9.17) is 18.0 Å². The quantitative estimate of drug-likeness (QED) is 0.830. The van der Waals surface area contributed by atoms with Gasteiger partial charge in [0.25, 0.3) is 0 Å². The summed E-state index contributed by atoms with van der Waals surface area (Å²) in [5.41, 5.74) is 6.50. The average molecular weight is 255 g/mol. The average Bonchev–Trinajstić information content (AvgIpc) is 2.98. The fourth-order valence-electron chi connectivity index (χ4n) is 1.72. The van der Waals surface area contributed by atoms with E-state index in [1.54, 1.807) is 24.3 Å². The molecule has 1 aromatic rings. The Bertz CT molecular complexity index is 519. The molecule has 0 aromatic heterocycles. The molecule has 0 amide bonds. The molecule has 2 rings (SSSR count). The van der Waals surface area contributed by atoms with Gasteiger partial charge in [0.15, 0.2) is 9.84 Å². The first-order valence-corrected chi connectivity index (χ1v) is 6.98. The molecular formula is C11H13NO2S2. The zero-order valence-corrected chi connectivity index (χ0v) is 10.5. The van der Waals surface area contributed by atoms with Crippen molar-refractivity contribution in [2.45, 2.75) is 23.5 Å². The zero-order valence-electron chi connectivity index (χ0n) is 8.88. The van der Waals surface area contributed by atoms with E-state index in [1.165, 1.54) is 0 Å². The highest BCUT2D eigenvalue weighted by Gasteiger charge is 2.49. The summed E-state index contributed by atoms with van der Waals surface area (Å²) in [4.78, 5) is 0.669. The number of rotatable bonds is 3. The predicted molar refractivity (Wildman–Crippen MR) is 67.0 cm³/mol. The summed E-state index contributed by atoms with van der Waals surface area (Å²) in [6, 6.07) is 6.87. The Morgan fingerprint density at radius 2 is 1.94 bits per heavy atom. The molecule has 3 nitrogen and oxygen atoms in total. The second-order valence-corrected chi connectivity index (χ2v) is 6.78. The van der Waals surface area contributed by atoms with Gasteiger partial charge in [-0.1, -0.05) is 29.9 Å². The van der Waals surface area contributed by atoms with Crippen LogP contribution in [0.15, 0.2) is 29.2 Å². The van der Waals surface area contributed by atoms with Gasteiger partial charge in [0.1, 0.15) is 0 Å². The Morgan fingerprint density at radius 1 is 1.38 bits per heavy atom. The van der Waals surface area contributed by atoms with Crippen LogP contribution in [0.1, 0.15) is 12.0 Å². The lowest BCUT2D eigenvalue weighted by Crippen LogP contribution is -2.17. The third-order valence-electron chi connectivity index (χ3n) is 2.85. The molecule has 0 unspecified atom stereocenters. The third kappa shape index (κ3) is 1.97. The summed E-state index contributed by atoms with van der Waals surface area (Å²) in [6.07, 6.45) is 0.561. The number of hydrogen-bond acceptors (Lipinski definition) is 3. The fraction of sp³-hybridized carbons (Fsp3) is 0.364. The molecule has 1 aromatic carbocycles. The van der Waals surface area contributed by atoms with Crippen LogP contribution in [0.25, 0.3) is 0 Å². The van der Waals surface area contributed by atoms with Crippen LogP contribution in [-0.2, 0) is 9.84 Å². The molecule has 0 saturated heterocycles. The highest BCUT2D eigenvalue weighted by Crippen LogP contribution is 2.40. The molecule has 2 atom stereocenters. The van der Waals surface area contributed by atoms with Crippen molar-refractivity contribution in [3.8, 4) is 0 Å². The second-order valence-electron chi connectivity index (χ2n) is 4.14. The number of thiocarbonyl (C=S) groups is 1. The number of nitrogens with two attached hydrogens (primary N) is 1. The lowest BCUT2D eigenvalue weighted by atomic mass is 10.2. The van der Waals surface area contributed by atoms with Gasteiger partial charge >= 0.3 is 0 Å². The minimum absolute atomic E-state index is 0.138. The van der Waals surface area contributed by atoms with Crippen molar-refractivity contribution < 1.29 is 8.42 Å². The molecule has 0 spiro atoms. The topological polar surface area (TPSA) is 60.2 Å². The van der Waals surface area contributed by atoms with Crippen LogP contribution in [0.5, 0.6) is 0 Å². The second kappa shape index (κ2) is 3.82. The summed E-state index contributed by atoms with van der Waals surface area (Å²) in [7, 11) is -3.24. The van der Waals surface area contributed by atoms with Gasteiger partial charge in [-0.15, -0.1) is 0 Å². The minimum Gasteiger partial charge on any atom is -0.393 e. The van der Waals surface area contributed by atoms with Gasteiger partial charge in [0.05, 0.1) is 15.1 Å². The summed E-state index contributed by atoms with van der Waals surface area (Å²) < 4.78 is 24.2. The SMILES string of the molecule is Cc1ccc(S(=O)(=O)[C@@H]2C[C@H]2C(N)=S)cc1. The molecule has 86 valence electrons. The summed E-state index contributed by atoms with van der Waals surface area (Å²) in [5.74, 6) is -0.138. The Hall–Kier alpha value is -0.940. The normalized spacial score (nSPS) is 24.1. The molecule has 2 N–H and O–H groups in total. The van der Waals surface area contributed by atoms with Crippen LogP contribution < -0.4 is 5.73 Å². The van der Waals surface area contributed by atoms with Crippen molar-refractivity contribution in [1.82, 2.24) is 0 Å². The smallest absolute Gasteiger partial charge is 0.181 e. The van der Waals surface area contributed by atoms with Crippen LogP contribution >= 0.6 is 12.2 Å². The van der Waals surface area contributed by atoms with Crippen molar-refractivity contribution in [2.24, 2.45) is 11.7 Å². The van der Waals surface area contributed by atoms with Crippen molar-refractivity contribution in [2.75, 3.05) is 0 Å². The van der Waals surface area contributed by atoms with E-state index in [-0.39, 0.29) is 5.92 Å². The molecule has 0 radical (unpaired) electrons. The van der Waals surface area contributed by atoms with Gasteiger partial charge in [-0.25, -0.2) is 8.42 Å². The Kier molecular flexibility index (Phi) is 2.75. The Labute approximate surface area is 101 Å². The van der Waals surface area contributed by atoms with E-state index in [9.17, 15) is 8.42 Å². The maximum atomic E-state index is 12.1. The first-order chi connectivity index (χ1) is 7.43. The molecule has 0 heterocycles. The number of hydrogen-bond donors (Lipinski definition) is 1. The van der Waals surface area contributed by atoms with Crippen LogP contribution in [0.3, 0.4) is 0 Å². The maximum Gasteiger partial charge on any atom is 0.181 e. The minimum atomic E-state index is -3.24. The summed E-state index contributed by atoms with van der Waals surface area (Å²) in [5, 5.41) is -0.410. The van der Waals surface area contributed by atoms with Gasteiger partial charge in [0.2, 0.25) is 0 Å². The van der Waals surface area contributed by atoms with Crippen LogP contribution in [0.2, 0.25) is 0 Å². The van der Waals surface area contributed by atoms with E-state index in [0.717, 1.165) is 5.56 Å². The third-order valence-corrected chi connectivity index (χ3v) is 5.40.